The molecule has 0 spiro atoms. The number of halogens is 2. The number of sulfonamides is 1. The lowest BCUT2D eigenvalue weighted by atomic mass is 10.3. The highest BCUT2D eigenvalue weighted by atomic mass is 32.2. The number of nitrogens with zero attached hydrogens (tertiary/aromatic N) is 4. The van der Waals surface area contributed by atoms with Gasteiger partial charge in [0, 0.05) is 44.3 Å². The third-order valence-electron chi connectivity index (χ3n) is 5.41. The van der Waals surface area contributed by atoms with Crippen LogP contribution in [0.15, 0.2) is 59.8 Å². The number of rotatable bonds is 6. The normalized spacial score (nSPS) is 15.7. The highest BCUT2D eigenvalue weighted by Crippen LogP contribution is 2.21. The maximum Gasteiger partial charge on any atom is 0.243 e. The molecule has 11 heteroatoms. The molecule has 0 saturated carbocycles. The number of aromatic nitrogens is 2. The zero-order valence-electron chi connectivity index (χ0n) is 17.3. The predicted octanol–water partition coefficient (Wildman–Crippen LogP) is 3.26. The van der Waals surface area contributed by atoms with Gasteiger partial charge < -0.3 is 9.30 Å². The van der Waals surface area contributed by atoms with Crippen molar-refractivity contribution in [2.75, 3.05) is 33.3 Å². The molecule has 0 bridgehead atoms. The molecule has 0 aliphatic carbocycles. The first kappa shape index (κ1) is 22.6. The van der Waals surface area contributed by atoms with Gasteiger partial charge in [-0.3, -0.25) is 9.47 Å². The Morgan fingerprint density at radius 3 is 2.28 bits per heavy atom. The van der Waals surface area contributed by atoms with E-state index in [2.05, 4.69) is 4.90 Å². The maximum absolute atomic E-state index is 13.5. The summed E-state index contributed by atoms with van der Waals surface area (Å²) in [6.07, 6.45) is 3.77. The number of ether oxygens (including phenoxy) is 1. The molecular weight excluding hydrogens is 458 g/mol. The summed E-state index contributed by atoms with van der Waals surface area (Å²) in [7, 11) is -2.27. The summed E-state index contributed by atoms with van der Waals surface area (Å²) in [5, 5.41) is 0. The second kappa shape index (κ2) is 9.10. The molecule has 2 heterocycles. The molecule has 0 unspecified atom stereocenters. The van der Waals surface area contributed by atoms with Gasteiger partial charge >= 0.3 is 0 Å². The third-order valence-corrected chi connectivity index (χ3v) is 7.74. The molecule has 7 nitrogen and oxygen atoms in total. The maximum atomic E-state index is 13.5. The SMILES string of the molecule is COc1ccc(-n2ccn(CN3CCN(S(=O)(=O)c4ccc(F)c(F)c4)CC3)c2=S)cc1. The van der Waals surface area contributed by atoms with E-state index < -0.39 is 21.7 Å². The van der Waals surface area contributed by atoms with Crippen molar-refractivity contribution in [3.05, 3.63) is 71.3 Å². The summed E-state index contributed by atoms with van der Waals surface area (Å²) in [6.45, 7) is 1.97. The first-order chi connectivity index (χ1) is 15.3. The average molecular weight is 481 g/mol. The van der Waals surface area contributed by atoms with E-state index >= 15 is 0 Å². The van der Waals surface area contributed by atoms with Crippen molar-refractivity contribution in [1.29, 1.82) is 0 Å². The Morgan fingerprint density at radius 2 is 1.66 bits per heavy atom. The summed E-state index contributed by atoms with van der Waals surface area (Å²) < 4.78 is 63.1. The van der Waals surface area contributed by atoms with Crippen LogP contribution in [-0.4, -0.2) is 60.0 Å². The van der Waals surface area contributed by atoms with E-state index in [0.29, 0.717) is 24.5 Å². The Labute approximate surface area is 190 Å². The third kappa shape index (κ3) is 4.46. The van der Waals surface area contributed by atoms with Crippen LogP contribution in [0, 0.1) is 16.4 Å². The lowest BCUT2D eigenvalue weighted by Crippen LogP contribution is -2.48. The Morgan fingerprint density at radius 1 is 0.969 bits per heavy atom. The molecule has 0 atom stereocenters. The van der Waals surface area contributed by atoms with Gasteiger partial charge in [0.05, 0.1) is 18.7 Å². The van der Waals surface area contributed by atoms with E-state index in [1.54, 1.807) is 7.11 Å². The number of methoxy groups -OCH3 is 1. The number of benzene rings is 2. The van der Waals surface area contributed by atoms with Crippen molar-refractivity contribution in [1.82, 2.24) is 18.3 Å². The molecule has 1 aliphatic heterocycles. The summed E-state index contributed by atoms with van der Waals surface area (Å²) in [5.41, 5.74) is 0.914. The van der Waals surface area contributed by atoms with Crippen molar-refractivity contribution in [2.24, 2.45) is 0 Å². The summed E-state index contributed by atoms with van der Waals surface area (Å²) >= 11 is 5.60. The molecule has 1 aromatic heterocycles. The van der Waals surface area contributed by atoms with Crippen LogP contribution in [0.5, 0.6) is 5.75 Å². The molecule has 32 heavy (non-hydrogen) atoms. The Kier molecular flexibility index (Phi) is 6.42. The average Bonchev–Trinajstić information content (AvgIpc) is 3.16. The number of piperazine rings is 1. The number of imidazole rings is 1. The first-order valence-electron chi connectivity index (χ1n) is 9.89. The van der Waals surface area contributed by atoms with Gasteiger partial charge in [-0.05, 0) is 54.7 Å². The largest absolute Gasteiger partial charge is 0.497 e. The Bertz CT molecular complexity index is 1260. The Balaban J connectivity index is 1.41. The Hall–Kier alpha value is -2.60. The standard InChI is InChI=1S/C21H22F2N4O3S2/c1-30-17-4-2-16(3-5-17)27-13-10-25(21(27)31)15-24-8-11-26(12-9-24)32(28,29)18-6-7-19(22)20(23)14-18/h2-7,10,13-14H,8-9,11-12,15H2,1H3. The van der Waals surface area contributed by atoms with Gasteiger partial charge in [0.25, 0.3) is 0 Å². The molecule has 1 saturated heterocycles. The van der Waals surface area contributed by atoms with E-state index in [0.717, 1.165) is 29.6 Å². The second-order valence-electron chi connectivity index (χ2n) is 7.36. The molecule has 4 rings (SSSR count). The van der Waals surface area contributed by atoms with E-state index in [4.69, 9.17) is 17.0 Å². The lowest BCUT2D eigenvalue weighted by molar-refractivity contribution is 0.151. The minimum atomic E-state index is -3.89. The van der Waals surface area contributed by atoms with E-state index in [9.17, 15) is 17.2 Å². The van der Waals surface area contributed by atoms with E-state index in [1.807, 2.05) is 45.8 Å². The summed E-state index contributed by atoms with van der Waals surface area (Å²) in [6, 6.07) is 10.2. The van der Waals surface area contributed by atoms with Gasteiger partial charge in [0.15, 0.2) is 16.4 Å². The lowest BCUT2D eigenvalue weighted by Gasteiger charge is -2.34. The summed E-state index contributed by atoms with van der Waals surface area (Å²) in [5.74, 6) is -1.50. The molecule has 0 amide bonds. The van der Waals surface area contributed by atoms with Gasteiger partial charge in [0.2, 0.25) is 10.0 Å². The number of hydrogen-bond acceptors (Lipinski definition) is 5. The first-order valence-corrected chi connectivity index (χ1v) is 11.7. The topological polar surface area (TPSA) is 59.7 Å². The molecule has 2 aromatic carbocycles. The van der Waals surface area contributed by atoms with Crippen LogP contribution in [0.2, 0.25) is 0 Å². The van der Waals surface area contributed by atoms with Gasteiger partial charge in [0.1, 0.15) is 5.75 Å². The van der Waals surface area contributed by atoms with Gasteiger partial charge in [-0.15, -0.1) is 0 Å². The van der Waals surface area contributed by atoms with Crippen LogP contribution < -0.4 is 4.74 Å². The van der Waals surface area contributed by atoms with Crippen LogP contribution in [-0.2, 0) is 16.7 Å². The second-order valence-corrected chi connectivity index (χ2v) is 9.66. The molecule has 0 N–H and O–H groups in total. The fourth-order valence-corrected chi connectivity index (χ4v) is 5.29. The van der Waals surface area contributed by atoms with Crippen LogP contribution in [0.1, 0.15) is 0 Å². The summed E-state index contributed by atoms with van der Waals surface area (Å²) in [4.78, 5) is 1.84. The van der Waals surface area contributed by atoms with E-state index in [-0.39, 0.29) is 18.0 Å². The van der Waals surface area contributed by atoms with E-state index in [1.165, 1.54) is 4.31 Å². The zero-order chi connectivity index (χ0) is 22.9. The van der Waals surface area contributed by atoms with Crippen LogP contribution in [0.25, 0.3) is 5.69 Å². The van der Waals surface area contributed by atoms with Crippen molar-refractivity contribution in [3.63, 3.8) is 0 Å². The monoisotopic (exact) mass is 480 g/mol. The van der Waals surface area contributed by atoms with Crippen molar-refractivity contribution >= 4 is 22.2 Å². The van der Waals surface area contributed by atoms with Gasteiger partial charge in [-0.2, -0.15) is 4.31 Å². The van der Waals surface area contributed by atoms with Crippen molar-refractivity contribution in [2.45, 2.75) is 11.6 Å². The zero-order valence-corrected chi connectivity index (χ0v) is 19.0. The molecular formula is C21H22F2N4O3S2. The highest BCUT2D eigenvalue weighted by Gasteiger charge is 2.29. The van der Waals surface area contributed by atoms with Crippen LogP contribution in [0.4, 0.5) is 8.78 Å². The fourth-order valence-electron chi connectivity index (χ4n) is 3.57. The van der Waals surface area contributed by atoms with Crippen LogP contribution >= 0.6 is 12.2 Å². The highest BCUT2D eigenvalue weighted by molar-refractivity contribution is 7.89. The smallest absolute Gasteiger partial charge is 0.243 e. The van der Waals surface area contributed by atoms with Crippen molar-refractivity contribution < 1.29 is 21.9 Å². The molecule has 3 aromatic rings. The fraction of sp³-hybridized carbons (Fsp3) is 0.286. The molecule has 1 aliphatic rings. The van der Waals surface area contributed by atoms with Gasteiger partial charge in [-0.1, -0.05) is 0 Å². The molecule has 170 valence electrons. The molecule has 0 radical (unpaired) electrons. The minimum Gasteiger partial charge on any atom is -0.497 e. The molecule has 1 fully saturated rings. The number of hydrogen-bond donors (Lipinski definition) is 0. The quantitative estimate of drug-likeness (QED) is 0.507. The van der Waals surface area contributed by atoms with Gasteiger partial charge in [-0.25, -0.2) is 17.2 Å². The minimum absolute atomic E-state index is 0.244. The predicted molar refractivity (Wildman–Crippen MR) is 118 cm³/mol. The van der Waals surface area contributed by atoms with Crippen LogP contribution in [0.3, 0.4) is 0 Å². The van der Waals surface area contributed by atoms with Crippen molar-refractivity contribution in [3.8, 4) is 11.4 Å².